The highest BCUT2D eigenvalue weighted by molar-refractivity contribution is 9.10. The van der Waals surface area contributed by atoms with Crippen molar-refractivity contribution in [1.29, 1.82) is 5.26 Å². The molecule has 7 heteroatoms. The number of fused-ring (bicyclic) bond motifs is 1. The Morgan fingerprint density at radius 3 is 2.88 bits per heavy atom. The summed E-state index contributed by atoms with van der Waals surface area (Å²) in [5.41, 5.74) is 0.460. The van der Waals surface area contributed by atoms with Crippen molar-refractivity contribution in [2.45, 2.75) is 38.8 Å². The molecule has 1 atom stereocenters. The zero-order valence-corrected chi connectivity index (χ0v) is 15.6. The first-order valence-corrected chi connectivity index (χ1v) is 8.88. The number of nitrogens with one attached hydrogen (secondary N) is 1. The molecule has 0 aliphatic carbocycles. The van der Waals surface area contributed by atoms with Crippen LogP contribution in [0.1, 0.15) is 32.3 Å². The molecule has 0 bridgehead atoms. The van der Waals surface area contributed by atoms with Crippen molar-refractivity contribution in [3.63, 3.8) is 0 Å². The molecule has 1 aliphatic heterocycles. The highest BCUT2D eigenvalue weighted by Gasteiger charge is 2.22. The molecule has 1 aliphatic rings. The topological polar surface area (TPSA) is 84.2 Å². The standard InChI is InChI=1S/C18H18BrN3O3/c1-10(2)25-16-6-14-13(5-11(16)7-20)15(19)8-21-18(14)24-9-12-3-4-17(23)22-12/h5-6,8,10,12H,3-4,9H2,1-2H3,(H,22,23). The quantitative estimate of drug-likeness (QED) is 0.827. The highest BCUT2D eigenvalue weighted by atomic mass is 79.9. The molecular formula is C18H18BrN3O3. The first-order chi connectivity index (χ1) is 12.0. The first-order valence-electron chi connectivity index (χ1n) is 8.09. The fourth-order valence-electron chi connectivity index (χ4n) is 2.74. The molecule has 0 saturated carbocycles. The Balaban J connectivity index is 1.96. The molecule has 1 unspecified atom stereocenters. The van der Waals surface area contributed by atoms with Crippen LogP contribution in [0.25, 0.3) is 10.8 Å². The summed E-state index contributed by atoms with van der Waals surface area (Å²) in [5.74, 6) is 1.01. The normalized spacial score (nSPS) is 16.8. The average Bonchev–Trinajstić information content (AvgIpc) is 2.99. The molecule has 130 valence electrons. The fourth-order valence-corrected chi connectivity index (χ4v) is 3.17. The number of nitriles is 1. The number of halogens is 1. The summed E-state index contributed by atoms with van der Waals surface area (Å²) in [7, 11) is 0. The Kier molecular flexibility index (Phi) is 5.09. The summed E-state index contributed by atoms with van der Waals surface area (Å²) in [4.78, 5) is 15.6. The molecular weight excluding hydrogens is 386 g/mol. The second-order valence-corrected chi connectivity index (χ2v) is 7.05. The SMILES string of the molecule is CC(C)Oc1cc2c(OCC3CCC(=O)N3)ncc(Br)c2cc1C#N. The lowest BCUT2D eigenvalue weighted by molar-refractivity contribution is -0.119. The molecule has 25 heavy (non-hydrogen) atoms. The van der Waals surface area contributed by atoms with Crippen LogP contribution in [0.3, 0.4) is 0 Å². The molecule has 3 rings (SSSR count). The summed E-state index contributed by atoms with van der Waals surface area (Å²) < 4.78 is 12.4. The smallest absolute Gasteiger partial charge is 0.221 e. The fraction of sp³-hybridized carbons (Fsp3) is 0.389. The molecule has 0 spiro atoms. The summed E-state index contributed by atoms with van der Waals surface area (Å²) in [5, 5.41) is 13.8. The van der Waals surface area contributed by atoms with Crippen LogP contribution in [0.15, 0.2) is 22.8 Å². The van der Waals surface area contributed by atoms with Crippen LogP contribution in [-0.4, -0.2) is 29.6 Å². The van der Waals surface area contributed by atoms with Crippen molar-refractivity contribution >= 4 is 32.6 Å². The van der Waals surface area contributed by atoms with Gasteiger partial charge in [-0.05, 0) is 48.3 Å². The van der Waals surface area contributed by atoms with Gasteiger partial charge in [0.1, 0.15) is 18.4 Å². The number of carbonyl (C=O) groups excluding carboxylic acids is 1. The Morgan fingerprint density at radius 2 is 2.24 bits per heavy atom. The van der Waals surface area contributed by atoms with E-state index in [9.17, 15) is 10.1 Å². The van der Waals surface area contributed by atoms with Gasteiger partial charge in [-0.25, -0.2) is 4.98 Å². The number of carbonyl (C=O) groups is 1. The van der Waals surface area contributed by atoms with Crippen molar-refractivity contribution in [3.05, 3.63) is 28.4 Å². The largest absolute Gasteiger partial charge is 0.490 e. The van der Waals surface area contributed by atoms with Crippen molar-refractivity contribution in [1.82, 2.24) is 10.3 Å². The van der Waals surface area contributed by atoms with E-state index in [0.717, 1.165) is 21.7 Å². The van der Waals surface area contributed by atoms with Gasteiger partial charge in [-0.15, -0.1) is 0 Å². The Hall–Kier alpha value is -2.33. The van der Waals surface area contributed by atoms with E-state index in [1.807, 2.05) is 13.8 Å². The molecule has 1 aromatic carbocycles. The molecule has 1 amide bonds. The van der Waals surface area contributed by atoms with Gasteiger partial charge >= 0.3 is 0 Å². The minimum Gasteiger partial charge on any atom is -0.490 e. The van der Waals surface area contributed by atoms with Crippen LogP contribution in [0.5, 0.6) is 11.6 Å². The van der Waals surface area contributed by atoms with Crippen LogP contribution in [0.2, 0.25) is 0 Å². The first kappa shape index (κ1) is 17.5. The Labute approximate surface area is 154 Å². The zero-order chi connectivity index (χ0) is 18.0. The second kappa shape index (κ2) is 7.28. The number of aromatic nitrogens is 1. The highest BCUT2D eigenvalue weighted by Crippen LogP contribution is 2.35. The van der Waals surface area contributed by atoms with Crippen molar-refractivity contribution in [2.75, 3.05) is 6.61 Å². The zero-order valence-electron chi connectivity index (χ0n) is 14.0. The van der Waals surface area contributed by atoms with Crippen LogP contribution in [0.4, 0.5) is 0 Å². The van der Waals surface area contributed by atoms with E-state index in [0.29, 0.717) is 30.2 Å². The molecule has 6 nitrogen and oxygen atoms in total. The minimum absolute atomic E-state index is 0.00207. The maximum atomic E-state index is 11.3. The molecule has 0 radical (unpaired) electrons. The van der Waals surface area contributed by atoms with Crippen LogP contribution >= 0.6 is 15.9 Å². The van der Waals surface area contributed by atoms with Gasteiger partial charge in [0.15, 0.2) is 0 Å². The van der Waals surface area contributed by atoms with Gasteiger partial charge in [-0.3, -0.25) is 4.79 Å². The number of ether oxygens (including phenoxy) is 2. The third-order valence-electron chi connectivity index (χ3n) is 3.89. The molecule has 2 aromatic rings. The predicted octanol–water partition coefficient (Wildman–Crippen LogP) is 3.31. The Morgan fingerprint density at radius 1 is 1.44 bits per heavy atom. The van der Waals surface area contributed by atoms with Gasteiger partial charge < -0.3 is 14.8 Å². The molecule has 1 fully saturated rings. The number of pyridine rings is 1. The van der Waals surface area contributed by atoms with E-state index in [1.165, 1.54) is 0 Å². The number of hydrogen-bond acceptors (Lipinski definition) is 5. The van der Waals surface area contributed by atoms with Gasteiger partial charge in [-0.1, -0.05) is 0 Å². The molecule has 2 heterocycles. The van der Waals surface area contributed by atoms with Gasteiger partial charge in [0.2, 0.25) is 11.8 Å². The molecule has 1 N–H and O–H groups in total. The lowest BCUT2D eigenvalue weighted by Crippen LogP contribution is -2.31. The van der Waals surface area contributed by atoms with E-state index in [1.54, 1.807) is 18.3 Å². The Bertz CT molecular complexity index is 861. The summed E-state index contributed by atoms with van der Waals surface area (Å²) >= 11 is 3.47. The van der Waals surface area contributed by atoms with Gasteiger partial charge in [0.25, 0.3) is 0 Å². The third-order valence-corrected chi connectivity index (χ3v) is 4.52. The summed E-state index contributed by atoms with van der Waals surface area (Å²) in [6.07, 6.45) is 2.88. The molecule has 1 aromatic heterocycles. The number of benzene rings is 1. The van der Waals surface area contributed by atoms with E-state index >= 15 is 0 Å². The number of hydrogen-bond donors (Lipinski definition) is 1. The van der Waals surface area contributed by atoms with Crippen LogP contribution in [0, 0.1) is 11.3 Å². The van der Waals surface area contributed by atoms with E-state index in [2.05, 4.69) is 32.3 Å². The third kappa shape index (κ3) is 3.85. The maximum Gasteiger partial charge on any atom is 0.221 e. The van der Waals surface area contributed by atoms with E-state index < -0.39 is 0 Å². The van der Waals surface area contributed by atoms with Crippen molar-refractivity contribution < 1.29 is 14.3 Å². The van der Waals surface area contributed by atoms with E-state index in [4.69, 9.17) is 9.47 Å². The van der Waals surface area contributed by atoms with E-state index in [-0.39, 0.29) is 18.1 Å². The average molecular weight is 404 g/mol. The lowest BCUT2D eigenvalue weighted by atomic mass is 10.1. The van der Waals surface area contributed by atoms with Gasteiger partial charge in [0, 0.05) is 27.9 Å². The predicted molar refractivity (Wildman–Crippen MR) is 96.6 cm³/mol. The number of nitrogens with zero attached hydrogens (tertiary/aromatic N) is 2. The number of rotatable bonds is 5. The van der Waals surface area contributed by atoms with Gasteiger partial charge in [-0.2, -0.15) is 5.26 Å². The minimum atomic E-state index is -0.0530. The van der Waals surface area contributed by atoms with Crippen molar-refractivity contribution in [2.24, 2.45) is 0 Å². The number of amides is 1. The summed E-state index contributed by atoms with van der Waals surface area (Å²) in [6, 6.07) is 5.72. The second-order valence-electron chi connectivity index (χ2n) is 6.20. The van der Waals surface area contributed by atoms with Crippen LogP contribution in [-0.2, 0) is 4.79 Å². The monoisotopic (exact) mass is 403 g/mol. The maximum absolute atomic E-state index is 11.3. The summed E-state index contributed by atoms with van der Waals surface area (Å²) in [6.45, 7) is 4.17. The lowest BCUT2D eigenvalue weighted by Gasteiger charge is -2.16. The molecule has 1 saturated heterocycles. The van der Waals surface area contributed by atoms with Crippen LogP contribution < -0.4 is 14.8 Å². The van der Waals surface area contributed by atoms with Gasteiger partial charge in [0.05, 0.1) is 17.7 Å². The van der Waals surface area contributed by atoms with Crippen molar-refractivity contribution in [3.8, 4) is 17.7 Å².